The average Bonchev–Trinajstić information content (AvgIpc) is 2.47. The van der Waals surface area contributed by atoms with E-state index in [1.807, 2.05) is 13.0 Å². The molecule has 0 aromatic carbocycles. The molecule has 0 spiro atoms. The Bertz CT molecular complexity index is 472. The van der Waals surface area contributed by atoms with Crippen molar-refractivity contribution in [3.05, 3.63) is 18.1 Å². The van der Waals surface area contributed by atoms with Crippen LogP contribution < -0.4 is 5.32 Å². The molecule has 0 bridgehead atoms. The van der Waals surface area contributed by atoms with Gasteiger partial charge in [-0.05, 0) is 6.92 Å². The number of carbonyl (C=O) groups excluding carboxylic acids is 1. The molecule has 0 aliphatic carbocycles. The summed E-state index contributed by atoms with van der Waals surface area (Å²) in [6, 6.07) is 2.03. The Balaban J connectivity index is 2.81. The molecule has 0 unspecified atom stereocenters. The maximum absolute atomic E-state index is 12.3. The smallest absolute Gasteiger partial charge is 0.274 e. The zero-order valence-corrected chi connectivity index (χ0v) is 11.8. The lowest BCUT2D eigenvalue weighted by Crippen LogP contribution is -2.35. The van der Waals surface area contributed by atoms with Crippen LogP contribution in [0.25, 0.3) is 0 Å². The summed E-state index contributed by atoms with van der Waals surface area (Å²) >= 11 is 0. The van der Waals surface area contributed by atoms with Crippen LogP contribution in [0.2, 0.25) is 0 Å². The average molecular weight is 277 g/mol. The van der Waals surface area contributed by atoms with Gasteiger partial charge in [0.1, 0.15) is 11.5 Å². The normalized spacial score (nSPS) is 9.85. The zero-order valence-electron chi connectivity index (χ0n) is 11.8. The third-order valence-corrected chi connectivity index (χ3v) is 2.56. The number of nitriles is 1. The number of hydrogen-bond acceptors (Lipinski definition) is 6. The topological polar surface area (TPSA) is 91.1 Å². The largest absolute Gasteiger partial charge is 0.383 e. The number of amides is 1. The van der Waals surface area contributed by atoms with Crippen molar-refractivity contribution >= 4 is 11.7 Å². The Labute approximate surface area is 118 Å². The first kappa shape index (κ1) is 15.9. The maximum atomic E-state index is 12.3. The summed E-state index contributed by atoms with van der Waals surface area (Å²) in [5, 5.41) is 11.7. The van der Waals surface area contributed by atoms with Crippen molar-refractivity contribution in [2.24, 2.45) is 0 Å². The molecular weight excluding hydrogens is 258 g/mol. The van der Waals surface area contributed by atoms with E-state index < -0.39 is 0 Å². The molecule has 0 aliphatic rings. The molecular formula is C13H19N5O2. The van der Waals surface area contributed by atoms with Gasteiger partial charge in [-0.15, -0.1) is 0 Å². The molecule has 7 nitrogen and oxygen atoms in total. The van der Waals surface area contributed by atoms with Gasteiger partial charge in [-0.1, -0.05) is 0 Å². The predicted octanol–water partition coefficient (Wildman–Crippen LogP) is 0.911. The van der Waals surface area contributed by atoms with E-state index in [1.54, 1.807) is 18.2 Å². The molecule has 20 heavy (non-hydrogen) atoms. The highest BCUT2D eigenvalue weighted by Gasteiger charge is 2.17. The summed E-state index contributed by atoms with van der Waals surface area (Å²) in [4.78, 5) is 22.1. The Kier molecular flexibility index (Phi) is 7.00. The molecule has 0 aliphatic heterocycles. The van der Waals surface area contributed by atoms with Crippen LogP contribution in [0.1, 0.15) is 23.8 Å². The van der Waals surface area contributed by atoms with E-state index in [2.05, 4.69) is 15.3 Å². The van der Waals surface area contributed by atoms with Gasteiger partial charge in [0.25, 0.3) is 5.91 Å². The summed E-state index contributed by atoms with van der Waals surface area (Å²) in [5.74, 6) is 0.315. The lowest BCUT2D eigenvalue weighted by molar-refractivity contribution is 0.0694. The summed E-state index contributed by atoms with van der Waals surface area (Å²) in [7, 11) is 1.57. The van der Waals surface area contributed by atoms with Crippen LogP contribution in [0.5, 0.6) is 0 Å². The van der Waals surface area contributed by atoms with Gasteiger partial charge in [-0.3, -0.25) is 9.78 Å². The molecule has 1 amide bonds. The number of carbonyl (C=O) groups is 1. The van der Waals surface area contributed by atoms with Crippen molar-refractivity contribution in [2.75, 3.05) is 38.7 Å². The van der Waals surface area contributed by atoms with Gasteiger partial charge in [-0.25, -0.2) is 4.98 Å². The second kappa shape index (κ2) is 8.82. The van der Waals surface area contributed by atoms with Crippen LogP contribution in [-0.4, -0.2) is 54.1 Å². The number of rotatable bonds is 8. The van der Waals surface area contributed by atoms with Crippen LogP contribution in [0.3, 0.4) is 0 Å². The van der Waals surface area contributed by atoms with Crippen molar-refractivity contribution in [1.29, 1.82) is 5.26 Å². The third-order valence-electron chi connectivity index (χ3n) is 2.56. The van der Waals surface area contributed by atoms with E-state index in [0.717, 1.165) is 0 Å². The fourth-order valence-electron chi connectivity index (χ4n) is 1.60. The van der Waals surface area contributed by atoms with E-state index >= 15 is 0 Å². The van der Waals surface area contributed by atoms with E-state index in [-0.39, 0.29) is 18.0 Å². The number of ether oxygens (including phenoxy) is 1. The van der Waals surface area contributed by atoms with Crippen LogP contribution in [-0.2, 0) is 4.74 Å². The SMILES string of the molecule is CCNc1cncc(C(=O)N(CCC#N)CCOC)n1. The van der Waals surface area contributed by atoms with E-state index in [9.17, 15) is 4.79 Å². The molecule has 0 atom stereocenters. The first-order valence-corrected chi connectivity index (χ1v) is 6.44. The van der Waals surface area contributed by atoms with Crippen LogP contribution in [0.4, 0.5) is 5.82 Å². The van der Waals surface area contributed by atoms with Crippen molar-refractivity contribution in [3.63, 3.8) is 0 Å². The van der Waals surface area contributed by atoms with E-state index in [1.165, 1.54) is 6.20 Å². The van der Waals surface area contributed by atoms with Gasteiger partial charge in [-0.2, -0.15) is 5.26 Å². The maximum Gasteiger partial charge on any atom is 0.274 e. The monoisotopic (exact) mass is 277 g/mol. The quantitative estimate of drug-likeness (QED) is 0.759. The van der Waals surface area contributed by atoms with Crippen molar-refractivity contribution in [1.82, 2.24) is 14.9 Å². The summed E-state index contributed by atoms with van der Waals surface area (Å²) in [5.41, 5.74) is 0.262. The number of nitrogens with zero attached hydrogens (tertiary/aromatic N) is 4. The van der Waals surface area contributed by atoms with Gasteiger partial charge in [0.05, 0.1) is 31.5 Å². The number of methoxy groups -OCH3 is 1. The fraction of sp³-hybridized carbons (Fsp3) is 0.538. The van der Waals surface area contributed by atoms with Gasteiger partial charge in [0.15, 0.2) is 0 Å². The zero-order chi connectivity index (χ0) is 14.8. The first-order chi connectivity index (χ1) is 9.72. The standard InChI is InChI=1S/C13H19N5O2/c1-3-16-12-10-15-9-11(17-12)13(19)18(6-4-5-14)7-8-20-2/h9-10H,3-4,6-8H2,1-2H3,(H,16,17). The van der Waals surface area contributed by atoms with E-state index in [0.29, 0.717) is 32.1 Å². The molecule has 0 fully saturated rings. The molecule has 0 radical (unpaired) electrons. The molecule has 0 saturated carbocycles. The summed E-state index contributed by atoms with van der Waals surface area (Å²) in [6.45, 7) is 3.83. The number of hydrogen-bond donors (Lipinski definition) is 1. The Morgan fingerprint density at radius 1 is 1.50 bits per heavy atom. The molecule has 1 aromatic rings. The van der Waals surface area contributed by atoms with Crippen molar-refractivity contribution in [3.8, 4) is 6.07 Å². The number of anilines is 1. The Morgan fingerprint density at radius 2 is 2.30 bits per heavy atom. The predicted molar refractivity (Wildman–Crippen MR) is 74.2 cm³/mol. The molecule has 1 heterocycles. The highest BCUT2D eigenvalue weighted by molar-refractivity contribution is 5.92. The molecule has 108 valence electrons. The first-order valence-electron chi connectivity index (χ1n) is 6.44. The molecule has 0 saturated heterocycles. The highest BCUT2D eigenvalue weighted by Crippen LogP contribution is 2.06. The number of aromatic nitrogens is 2. The molecule has 1 rings (SSSR count). The minimum Gasteiger partial charge on any atom is -0.383 e. The second-order valence-electron chi connectivity index (χ2n) is 4.01. The Hall–Kier alpha value is -2.20. The Morgan fingerprint density at radius 3 is 2.95 bits per heavy atom. The molecule has 7 heteroatoms. The number of nitrogens with one attached hydrogen (secondary N) is 1. The highest BCUT2D eigenvalue weighted by atomic mass is 16.5. The van der Waals surface area contributed by atoms with Crippen LogP contribution in [0.15, 0.2) is 12.4 Å². The summed E-state index contributed by atoms with van der Waals surface area (Å²) in [6.07, 6.45) is 3.26. The third kappa shape index (κ3) is 4.82. The lowest BCUT2D eigenvalue weighted by atomic mass is 10.3. The van der Waals surface area contributed by atoms with E-state index in [4.69, 9.17) is 10.00 Å². The van der Waals surface area contributed by atoms with Gasteiger partial charge >= 0.3 is 0 Å². The molecule has 1 N–H and O–H groups in total. The fourth-order valence-corrected chi connectivity index (χ4v) is 1.60. The van der Waals surface area contributed by atoms with Crippen molar-refractivity contribution in [2.45, 2.75) is 13.3 Å². The van der Waals surface area contributed by atoms with Crippen LogP contribution in [0, 0.1) is 11.3 Å². The summed E-state index contributed by atoms with van der Waals surface area (Å²) < 4.78 is 4.98. The van der Waals surface area contributed by atoms with Gasteiger partial charge < -0.3 is 15.0 Å². The van der Waals surface area contributed by atoms with Crippen molar-refractivity contribution < 1.29 is 9.53 Å². The second-order valence-corrected chi connectivity index (χ2v) is 4.01. The van der Waals surface area contributed by atoms with Crippen LogP contribution >= 0.6 is 0 Å². The minimum absolute atomic E-state index is 0.246. The molecule has 1 aromatic heterocycles. The minimum atomic E-state index is -0.246. The van der Waals surface area contributed by atoms with Gasteiger partial charge in [0, 0.05) is 26.7 Å². The van der Waals surface area contributed by atoms with Gasteiger partial charge in [0.2, 0.25) is 0 Å². The lowest BCUT2D eigenvalue weighted by Gasteiger charge is -2.20.